The molecule has 0 aliphatic heterocycles. The third kappa shape index (κ3) is 3.75. The van der Waals surface area contributed by atoms with Crippen molar-refractivity contribution in [1.82, 2.24) is 10.5 Å². The minimum atomic E-state index is -0.130. The maximum Gasteiger partial charge on any atom is 0.237 e. The number of rotatable bonds is 2. The minimum absolute atomic E-state index is 0. The molecule has 0 bridgehead atoms. The van der Waals surface area contributed by atoms with E-state index in [4.69, 9.17) is 10.9 Å². The molecule has 2 heterocycles. The first-order valence-electron chi connectivity index (χ1n) is 7.39. The maximum absolute atomic E-state index is 8.76. The number of pyridine rings is 1. The molecule has 1 unspecified atom stereocenters. The summed E-state index contributed by atoms with van der Waals surface area (Å²) in [4.78, 5) is 7.17. The first-order chi connectivity index (χ1) is 11.1. The minimum Gasteiger partial charge on any atom is -0.367 e. The molecule has 2 aromatic heterocycles. The fraction of sp³-hybridized carbons (Fsp3) is 0.312. The van der Waals surface area contributed by atoms with Crippen molar-refractivity contribution in [2.24, 2.45) is 15.9 Å². The second kappa shape index (κ2) is 7.74. The van der Waals surface area contributed by atoms with Crippen molar-refractivity contribution in [3.05, 3.63) is 51.0 Å². The number of guanidine groups is 1. The van der Waals surface area contributed by atoms with Crippen LogP contribution in [0.3, 0.4) is 0 Å². The van der Waals surface area contributed by atoms with Gasteiger partial charge < -0.3 is 5.73 Å². The number of nitrogens with one attached hydrogen (secondary N) is 1. The highest BCUT2D eigenvalue weighted by molar-refractivity contribution is 7.12. The molecule has 0 fully saturated rings. The molecule has 0 amide bonds. The van der Waals surface area contributed by atoms with Crippen LogP contribution < -0.4 is 11.2 Å². The predicted octanol–water partition coefficient (Wildman–Crippen LogP) is 2.91. The van der Waals surface area contributed by atoms with Gasteiger partial charge in [-0.1, -0.05) is 0 Å². The SMILES string of the molecule is Cc1ccc(C2C/C(=N/N=C(\N)NO)c3c(C)ccnc3C2)s1.Cl. The molecule has 6 nitrogen and oxygen atoms in total. The molecule has 1 atom stereocenters. The van der Waals surface area contributed by atoms with Gasteiger partial charge in [-0.2, -0.15) is 5.10 Å². The number of hydrogen-bond acceptors (Lipinski definition) is 5. The molecule has 0 aromatic carbocycles. The summed E-state index contributed by atoms with van der Waals surface area (Å²) in [5, 5.41) is 16.9. The quantitative estimate of drug-likeness (QED) is 0.433. The topological polar surface area (TPSA) is 95.9 Å². The van der Waals surface area contributed by atoms with Crippen LogP contribution in [0.15, 0.2) is 34.6 Å². The van der Waals surface area contributed by atoms with E-state index in [1.54, 1.807) is 5.48 Å². The van der Waals surface area contributed by atoms with E-state index in [9.17, 15) is 0 Å². The second-order valence-corrected chi connectivity index (χ2v) is 6.97. The lowest BCUT2D eigenvalue weighted by Gasteiger charge is -2.25. The van der Waals surface area contributed by atoms with Gasteiger partial charge in [0, 0.05) is 33.9 Å². The van der Waals surface area contributed by atoms with Gasteiger partial charge in [-0.25, -0.2) is 5.48 Å². The first-order valence-corrected chi connectivity index (χ1v) is 8.21. The number of aromatic nitrogens is 1. The highest BCUT2D eigenvalue weighted by atomic mass is 35.5. The van der Waals surface area contributed by atoms with Crippen LogP contribution in [-0.2, 0) is 6.42 Å². The molecule has 0 radical (unpaired) electrons. The standard InChI is InChI=1S/C16H19N5OS.ClH/c1-9-5-6-18-12-7-11(14-4-3-10(2)23-14)8-13(15(9)12)19-20-16(17)21-22;/h3-6,11,22H,7-8H2,1-2H3,(H3,17,20,21);1H/b19-13-;. The number of hydrogen-bond donors (Lipinski definition) is 3. The zero-order valence-corrected chi connectivity index (χ0v) is 15.1. The van der Waals surface area contributed by atoms with Crippen molar-refractivity contribution in [2.75, 3.05) is 0 Å². The number of fused-ring (bicyclic) bond motifs is 1. The van der Waals surface area contributed by atoms with Crippen LogP contribution >= 0.6 is 23.7 Å². The number of nitrogens with zero attached hydrogens (tertiary/aromatic N) is 3. The molecule has 8 heteroatoms. The number of hydroxylamine groups is 1. The van der Waals surface area contributed by atoms with Crippen molar-refractivity contribution in [3.8, 4) is 0 Å². The van der Waals surface area contributed by atoms with Gasteiger partial charge in [-0.05, 0) is 44.0 Å². The number of nitrogens with two attached hydrogens (primary N) is 1. The van der Waals surface area contributed by atoms with Crippen LogP contribution in [0.1, 0.15) is 38.9 Å². The third-order valence-electron chi connectivity index (χ3n) is 3.96. The zero-order chi connectivity index (χ0) is 16.4. The molecular formula is C16H20ClN5OS. The Morgan fingerprint density at radius 2 is 2.12 bits per heavy atom. The summed E-state index contributed by atoms with van der Waals surface area (Å²) in [5.41, 5.74) is 11.3. The van der Waals surface area contributed by atoms with Crippen LogP contribution in [-0.4, -0.2) is 21.9 Å². The maximum atomic E-state index is 8.76. The molecule has 3 rings (SSSR count). The number of halogens is 1. The van der Waals surface area contributed by atoms with Crippen LogP contribution in [0, 0.1) is 13.8 Å². The van der Waals surface area contributed by atoms with Gasteiger partial charge in [0.1, 0.15) is 0 Å². The Morgan fingerprint density at radius 3 is 2.79 bits per heavy atom. The Labute approximate surface area is 150 Å². The summed E-state index contributed by atoms with van der Waals surface area (Å²) in [7, 11) is 0. The van der Waals surface area contributed by atoms with Crippen molar-refractivity contribution >= 4 is 35.4 Å². The molecule has 1 aliphatic carbocycles. The summed E-state index contributed by atoms with van der Waals surface area (Å²) < 4.78 is 0. The third-order valence-corrected chi connectivity index (χ3v) is 5.13. The van der Waals surface area contributed by atoms with Gasteiger partial charge in [-0.15, -0.1) is 28.8 Å². The Kier molecular flexibility index (Phi) is 5.93. The van der Waals surface area contributed by atoms with E-state index >= 15 is 0 Å². The van der Waals surface area contributed by atoms with E-state index in [1.807, 2.05) is 30.5 Å². The molecule has 4 N–H and O–H groups in total. The van der Waals surface area contributed by atoms with Crippen molar-refractivity contribution in [1.29, 1.82) is 0 Å². The van der Waals surface area contributed by atoms with Crippen LogP contribution in [0.4, 0.5) is 0 Å². The van der Waals surface area contributed by atoms with Crippen LogP contribution in [0.5, 0.6) is 0 Å². The van der Waals surface area contributed by atoms with E-state index < -0.39 is 0 Å². The normalized spacial score (nSPS) is 18.9. The second-order valence-electron chi connectivity index (χ2n) is 5.65. The molecule has 24 heavy (non-hydrogen) atoms. The van der Waals surface area contributed by atoms with Crippen LogP contribution in [0.25, 0.3) is 0 Å². The Balaban J connectivity index is 0.00000208. The Morgan fingerprint density at radius 1 is 1.33 bits per heavy atom. The molecule has 0 saturated heterocycles. The van der Waals surface area contributed by atoms with E-state index in [1.165, 1.54) is 9.75 Å². The van der Waals surface area contributed by atoms with E-state index in [2.05, 4.69) is 34.2 Å². The smallest absolute Gasteiger partial charge is 0.237 e. The monoisotopic (exact) mass is 365 g/mol. The van der Waals surface area contributed by atoms with E-state index in [0.29, 0.717) is 5.92 Å². The first kappa shape index (κ1) is 18.4. The van der Waals surface area contributed by atoms with Crippen molar-refractivity contribution in [3.63, 3.8) is 0 Å². The Hall–Kier alpha value is -1.96. The highest BCUT2D eigenvalue weighted by Crippen LogP contribution is 2.36. The summed E-state index contributed by atoms with van der Waals surface area (Å²) in [6, 6.07) is 6.29. The van der Waals surface area contributed by atoms with Gasteiger partial charge in [0.05, 0.1) is 11.4 Å². The molecule has 128 valence electrons. The largest absolute Gasteiger partial charge is 0.367 e. The lowest BCUT2D eigenvalue weighted by atomic mass is 9.83. The van der Waals surface area contributed by atoms with E-state index in [-0.39, 0.29) is 18.4 Å². The number of thiophene rings is 1. The molecular weight excluding hydrogens is 346 g/mol. The summed E-state index contributed by atoms with van der Waals surface area (Å²) in [6.07, 6.45) is 3.51. The molecule has 0 spiro atoms. The van der Waals surface area contributed by atoms with Crippen molar-refractivity contribution < 1.29 is 5.21 Å². The summed E-state index contributed by atoms with van der Waals surface area (Å²) in [6.45, 7) is 4.16. The van der Waals surface area contributed by atoms with Gasteiger partial charge in [0.25, 0.3) is 0 Å². The van der Waals surface area contributed by atoms with Gasteiger partial charge in [0.15, 0.2) is 0 Å². The van der Waals surface area contributed by atoms with Gasteiger partial charge in [-0.3, -0.25) is 10.2 Å². The fourth-order valence-electron chi connectivity index (χ4n) is 2.91. The summed E-state index contributed by atoms with van der Waals surface area (Å²) in [5.74, 6) is 0.211. The lowest BCUT2D eigenvalue weighted by molar-refractivity contribution is 0.232. The summed E-state index contributed by atoms with van der Waals surface area (Å²) >= 11 is 1.81. The van der Waals surface area contributed by atoms with Gasteiger partial charge >= 0.3 is 0 Å². The lowest BCUT2D eigenvalue weighted by Crippen LogP contribution is -2.28. The predicted molar refractivity (Wildman–Crippen MR) is 99.4 cm³/mol. The average Bonchev–Trinajstić information content (AvgIpc) is 2.98. The molecule has 1 aliphatic rings. The fourth-order valence-corrected chi connectivity index (χ4v) is 3.88. The van der Waals surface area contributed by atoms with E-state index in [0.717, 1.165) is 35.4 Å². The molecule has 0 saturated carbocycles. The average molecular weight is 366 g/mol. The Bertz CT molecular complexity index is 787. The van der Waals surface area contributed by atoms with Crippen LogP contribution in [0.2, 0.25) is 0 Å². The highest BCUT2D eigenvalue weighted by Gasteiger charge is 2.28. The number of aryl methyl sites for hydroxylation is 2. The molecule has 2 aromatic rings. The zero-order valence-electron chi connectivity index (χ0n) is 13.5. The van der Waals surface area contributed by atoms with Gasteiger partial charge in [0.2, 0.25) is 5.96 Å². The van der Waals surface area contributed by atoms with Crippen molar-refractivity contribution in [2.45, 2.75) is 32.6 Å².